The van der Waals surface area contributed by atoms with E-state index in [1.165, 1.54) is 5.56 Å². The molecule has 0 spiro atoms. The van der Waals surface area contributed by atoms with E-state index in [4.69, 9.17) is 5.73 Å². The summed E-state index contributed by atoms with van der Waals surface area (Å²) >= 11 is 0. The average Bonchev–Trinajstić information content (AvgIpc) is 2.93. The molecule has 3 N–H and O–H groups in total. The number of aromatic nitrogens is 2. The highest BCUT2D eigenvalue weighted by Crippen LogP contribution is 2.13. The van der Waals surface area contributed by atoms with Crippen LogP contribution in [0.4, 0.5) is 5.69 Å². The van der Waals surface area contributed by atoms with E-state index in [-0.39, 0.29) is 5.91 Å². The maximum absolute atomic E-state index is 12.3. The summed E-state index contributed by atoms with van der Waals surface area (Å²) in [6.07, 6.45) is 1.66. The van der Waals surface area contributed by atoms with Crippen molar-refractivity contribution in [3.63, 3.8) is 0 Å². The second-order valence-corrected chi connectivity index (χ2v) is 4.88. The molecule has 0 aliphatic carbocycles. The van der Waals surface area contributed by atoms with Crippen molar-refractivity contribution in [2.75, 3.05) is 11.9 Å². The fourth-order valence-electron chi connectivity index (χ4n) is 2.18. The molecule has 2 aromatic rings. The molecule has 0 unspecified atom stereocenters. The van der Waals surface area contributed by atoms with E-state index < -0.39 is 0 Å². The first-order valence-corrected chi connectivity index (χ1v) is 7.35. The predicted octanol–water partition coefficient (Wildman–Crippen LogP) is 2.22. The van der Waals surface area contributed by atoms with Crippen LogP contribution in [0.1, 0.15) is 35.6 Å². The summed E-state index contributed by atoms with van der Waals surface area (Å²) in [4.78, 5) is 12.3. The minimum absolute atomic E-state index is 0.129. The van der Waals surface area contributed by atoms with Crippen molar-refractivity contribution in [2.45, 2.75) is 33.2 Å². The summed E-state index contributed by atoms with van der Waals surface area (Å²) in [5, 5.41) is 7.30. The Morgan fingerprint density at radius 3 is 2.57 bits per heavy atom. The van der Waals surface area contributed by atoms with Crippen LogP contribution in [0, 0.1) is 0 Å². The van der Waals surface area contributed by atoms with Crippen molar-refractivity contribution in [3.8, 4) is 0 Å². The molecule has 1 amide bonds. The second-order valence-electron chi connectivity index (χ2n) is 4.88. The van der Waals surface area contributed by atoms with Crippen LogP contribution in [0.5, 0.6) is 0 Å². The molecular formula is C16H22N4O. The topological polar surface area (TPSA) is 72.9 Å². The molecule has 0 radical (unpaired) electrons. The number of rotatable bonds is 6. The lowest BCUT2D eigenvalue weighted by Gasteiger charge is -2.07. The summed E-state index contributed by atoms with van der Waals surface area (Å²) in [6.45, 7) is 5.31. The van der Waals surface area contributed by atoms with Crippen LogP contribution in [0.3, 0.4) is 0 Å². The summed E-state index contributed by atoms with van der Waals surface area (Å²) in [7, 11) is 0. The van der Waals surface area contributed by atoms with Gasteiger partial charge in [-0.05, 0) is 50.1 Å². The molecule has 0 bridgehead atoms. The van der Waals surface area contributed by atoms with Crippen molar-refractivity contribution in [2.24, 2.45) is 5.73 Å². The highest BCUT2D eigenvalue weighted by atomic mass is 16.2. The number of aryl methyl sites for hydroxylation is 2. The summed E-state index contributed by atoms with van der Waals surface area (Å²) < 4.78 is 1.73. The first kappa shape index (κ1) is 15.3. The van der Waals surface area contributed by atoms with Gasteiger partial charge in [0.05, 0.1) is 5.69 Å². The number of nitrogens with two attached hydrogens (primary N) is 1. The van der Waals surface area contributed by atoms with E-state index in [0.717, 1.165) is 24.2 Å². The number of hydrogen-bond donors (Lipinski definition) is 2. The minimum Gasteiger partial charge on any atom is -0.330 e. The van der Waals surface area contributed by atoms with Crippen LogP contribution in [-0.2, 0) is 19.4 Å². The Morgan fingerprint density at radius 1 is 1.29 bits per heavy atom. The molecule has 1 aromatic heterocycles. The first-order chi connectivity index (χ1) is 10.2. The lowest BCUT2D eigenvalue weighted by atomic mass is 10.1. The Balaban J connectivity index is 2.11. The predicted molar refractivity (Wildman–Crippen MR) is 84.4 cm³/mol. The Morgan fingerprint density at radius 2 is 2.00 bits per heavy atom. The quantitative estimate of drug-likeness (QED) is 0.855. The molecule has 5 heteroatoms. The van der Waals surface area contributed by atoms with Gasteiger partial charge in [-0.2, -0.15) is 5.10 Å². The number of nitrogens with zero attached hydrogens (tertiary/aromatic N) is 2. The number of benzene rings is 1. The van der Waals surface area contributed by atoms with Gasteiger partial charge in [0, 0.05) is 12.2 Å². The zero-order chi connectivity index (χ0) is 15.2. The highest BCUT2D eigenvalue weighted by Gasteiger charge is 2.14. The molecule has 5 nitrogen and oxygen atoms in total. The Hall–Kier alpha value is -2.14. The van der Waals surface area contributed by atoms with Crippen molar-refractivity contribution >= 4 is 11.6 Å². The normalized spacial score (nSPS) is 10.6. The van der Waals surface area contributed by atoms with E-state index in [9.17, 15) is 4.79 Å². The fraction of sp³-hybridized carbons (Fsp3) is 0.375. The summed E-state index contributed by atoms with van der Waals surface area (Å²) in [5.41, 5.74) is 9.00. The van der Waals surface area contributed by atoms with Crippen molar-refractivity contribution in [3.05, 3.63) is 47.3 Å². The molecule has 0 atom stereocenters. The van der Waals surface area contributed by atoms with Crippen LogP contribution >= 0.6 is 0 Å². The minimum atomic E-state index is -0.129. The van der Waals surface area contributed by atoms with E-state index in [1.54, 1.807) is 4.68 Å². The molecule has 0 fully saturated rings. The number of nitrogens with one attached hydrogen (secondary N) is 1. The van der Waals surface area contributed by atoms with E-state index in [2.05, 4.69) is 10.4 Å². The molecule has 2 rings (SSSR count). The molecule has 0 saturated carbocycles. The molecule has 1 aromatic carbocycles. The van der Waals surface area contributed by atoms with Gasteiger partial charge >= 0.3 is 0 Å². The van der Waals surface area contributed by atoms with Gasteiger partial charge in [0.25, 0.3) is 5.91 Å². The SMILES string of the molecule is CCc1cc(C(=O)Nc2ccc(CCN)cc2)n(CC)n1. The van der Waals surface area contributed by atoms with Crippen molar-refractivity contribution in [1.82, 2.24) is 9.78 Å². The molecular weight excluding hydrogens is 264 g/mol. The third kappa shape index (κ3) is 3.70. The molecule has 0 aliphatic rings. The number of amides is 1. The van der Waals surface area contributed by atoms with E-state index in [0.29, 0.717) is 18.8 Å². The van der Waals surface area contributed by atoms with Crippen LogP contribution in [0.15, 0.2) is 30.3 Å². The van der Waals surface area contributed by atoms with Gasteiger partial charge in [0.15, 0.2) is 0 Å². The molecule has 112 valence electrons. The first-order valence-electron chi connectivity index (χ1n) is 7.35. The highest BCUT2D eigenvalue weighted by molar-refractivity contribution is 6.03. The third-order valence-electron chi connectivity index (χ3n) is 3.37. The molecule has 1 heterocycles. The van der Waals surface area contributed by atoms with Crippen LogP contribution in [0.25, 0.3) is 0 Å². The average molecular weight is 286 g/mol. The fourth-order valence-corrected chi connectivity index (χ4v) is 2.18. The lowest BCUT2D eigenvalue weighted by Crippen LogP contribution is -2.17. The number of hydrogen-bond acceptors (Lipinski definition) is 3. The zero-order valence-electron chi connectivity index (χ0n) is 12.6. The van der Waals surface area contributed by atoms with Crippen molar-refractivity contribution < 1.29 is 4.79 Å². The maximum atomic E-state index is 12.3. The summed E-state index contributed by atoms with van der Waals surface area (Å²) in [5.74, 6) is -0.129. The molecule has 21 heavy (non-hydrogen) atoms. The second kappa shape index (κ2) is 7.04. The smallest absolute Gasteiger partial charge is 0.273 e. The number of carbonyl (C=O) groups is 1. The Kier molecular flexibility index (Phi) is 5.11. The van der Waals surface area contributed by atoms with Gasteiger partial charge in [-0.15, -0.1) is 0 Å². The Bertz CT molecular complexity index is 601. The number of carbonyl (C=O) groups excluding carboxylic acids is 1. The van der Waals surface area contributed by atoms with Gasteiger partial charge in [0.2, 0.25) is 0 Å². The third-order valence-corrected chi connectivity index (χ3v) is 3.37. The zero-order valence-corrected chi connectivity index (χ0v) is 12.6. The van der Waals surface area contributed by atoms with Gasteiger partial charge < -0.3 is 11.1 Å². The Labute approximate surface area is 125 Å². The molecule has 0 saturated heterocycles. The van der Waals surface area contributed by atoms with Gasteiger partial charge in [-0.25, -0.2) is 0 Å². The maximum Gasteiger partial charge on any atom is 0.273 e. The largest absolute Gasteiger partial charge is 0.330 e. The van der Waals surface area contributed by atoms with Crippen LogP contribution in [0.2, 0.25) is 0 Å². The number of anilines is 1. The van der Waals surface area contributed by atoms with Crippen LogP contribution in [-0.4, -0.2) is 22.2 Å². The van der Waals surface area contributed by atoms with Gasteiger partial charge in [-0.3, -0.25) is 9.48 Å². The van der Waals surface area contributed by atoms with E-state index in [1.807, 2.05) is 44.2 Å². The van der Waals surface area contributed by atoms with Crippen LogP contribution < -0.4 is 11.1 Å². The van der Waals surface area contributed by atoms with Gasteiger partial charge in [-0.1, -0.05) is 19.1 Å². The lowest BCUT2D eigenvalue weighted by molar-refractivity contribution is 0.101. The van der Waals surface area contributed by atoms with Crippen molar-refractivity contribution in [1.29, 1.82) is 0 Å². The standard InChI is InChI=1S/C16H22N4O/c1-3-13-11-15(20(4-2)19-13)16(21)18-14-7-5-12(6-8-14)9-10-17/h5-8,11H,3-4,9-10,17H2,1-2H3,(H,18,21). The van der Waals surface area contributed by atoms with Gasteiger partial charge in [0.1, 0.15) is 5.69 Å². The monoisotopic (exact) mass is 286 g/mol. The summed E-state index contributed by atoms with van der Waals surface area (Å²) in [6, 6.07) is 9.61. The molecule has 0 aliphatic heterocycles. The van der Waals surface area contributed by atoms with E-state index >= 15 is 0 Å².